The van der Waals surface area contributed by atoms with Crippen LogP contribution in [0.3, 0.4) is 0 Å². The molecule has 3 rings (SSSR count). The number of benzene rings is 1. The maximum absolute atomic E-state index is 12.6. The fraction of sp³-hybridized carbons (Fsp3) is 0.333. The number of carbonyl (C=O) groups is 1. The molecular weight excluding hydrogens is 368 g/mol. The normalized spacial score (nSPS) is 15.4. The van der Waals surface area contributed by atoms with Crippen LogP contribution in [0.25, 0.3) is 0 Å². The molecular formula is C18H21BrN4O. The van der Waals surface area contributed by atoms with Gasteiger partial charge in [0.2, 0.25) is 0 Å². The predicted octanol–water partition coefficient (Wildman–Crippen LogP) is 3.28. The second-order valence-electron chi connectivity index (χ2n) is 6.11. The molecule has 1 amide bonds. The monoisotopic (exact) mass is 388 g/mol. The molecule has 1 saturated heterocycles. The van der Waals surface area contributed by atoms with Crippen LogP contribution in [-0.4, -0.2) is 53.9 Å². The molecule has 5 nitrogen and oxygen atoms in total. The summed E-state index contributed by atoms with van der Waals surface area (Å²) in [6.45, 7) is 5.36. The number of halogens is 1. The molecule has 6 heteroatoms. The summed E-state index contributed by atoms with van der Waals surface area (Å²) in [5, 5.41) is 3.34. The number of piperazine rings is 1. The SMILES string of the molecule is Cc1cc(Nc2ccnc(C(=O)N3CCN(C)CC3)c2)ccc1Br. The topological polar surface area (TPSA) is 48.5 Å². The number of pyridine rings is 1. The number of hydrogen-bond donors (Lipinski definition) is 1. The minimum Gasteiger partial charge on any atom is -0.355 e. The van der Waals surface area contributed by atoms with Gasteiger partial charge in [-0.05, 0) is 49.9 Å². The van der Waals surface area contributed by atoms with E-state index in [0.29, 0.717) is 5.69 Å². The minimum absolute atomic E-state index is 0.00117. The van der Waals surface area contributed by atoms with E-state index in [-0.39, 0.29) is 5.91 Å². The smallest absolute Gasteiger partial charge is 0.272 e. The third-order valence-electron chi connectivity index (χ3n) is 4.22. The molecule has 0 aliphatic carbocycles. The van der Waals surface area contributed by atoms with Gasteiger partial charge in [-0.3, -0.25) is 9.78 Å². The average Bonchev–Trinajstić information content (AvgIpc) is 2.58. The summed E-state index contributed by atoms with van der Waals surface area (Å²) in [5.74, 6) is -0.00117. The van der Waals surface area contributed by atoms with Crippen LogP contribution in [0.15, 0.2) is 41.0 Å². The van der Waals surface area contributed by atoms with Crippen molar-refractivity contribution in [1.82, 2.24) is 14.8 Å². The number of aromatic nitrogens is 1. The average molecular weight is 389 g/mol. The predicted molar refractivity (Wildman–Crippen MR) is 99.8 cm³/mol. The first-order valence-corrected chi connectivity index (χ1v) is 8.79. The Balaban J connectivity index is 1.73. The van der Waals surface area contributed by atoms with Gasteiger partial charge >= 0.3 is 0 Å². The van der Waals surface area contributed by atoms with Crippen LogP contribution >= 0.6 is 15.9 Å². The van der Waals surface area contributed by atoms with E-state index in [4.69, 9.17) is 0 Å². The van der Waals surface area contributed by atoms with Crippen molar-refractivity contribution in [2.45, 2.75) is 6.92 Å². The minimum atomic E-state index is -0.00117. The molecule has 126 valence electrons. The number of nitrogens with zero attached hydrogens (tertiary/aromatic N) is 3. The molecule has 1 aromatic heterocycles. The van der Waals surface area contributed by atoms with Crippen molar-refractivity contribution in [3.63, 3.8) is 0 Å². The van der Waals surface area contributed by atoms with Gasteiger partial charge in [0.25, 0.3) is 5.91 Å². The van der Waals surface area contributed by atoms with Crippen molar-refractivity contribution in [3.05, 3.63) is 52.3 Å². The van der Waals surface area contributed by atoms with Gasteiger partial charge in [-0.15, -0.1) is 0 Å². The summed E-state index contributed by atoms with van der Waals surface area (Å²) in [6.07, 6.45) is 1.68. The van der Waals surface area contributed by atoms with E-state index < -0.39 is 0 Å². The summed E-state index contributed by atoms with van der Waals surface area (Å²) < 4.78 is 1.08. The van der Waals surface area contributed by atoms with Crippen molar-refractivity contribution in [2.75, 3.05) is 38.5 Å². The number of hydrogen-bond acceptors (Lipinski definition) is 4. The number of likely N-dealkylation sites (N-methyl/N-ethyl adjacent to an activating group) is 1. The number of amides is 1. The number of nitrogens with one attached hydrogen (secondary N) is 1. The summed E-state index contributed by atoms with van der Waals surface area (Å²) in [7, 11) is 2.07. The van der Waals surface area contributed by atoms with Crippen molar-refractivity contribution in [3.8, 4) is 0 Å². The fourth-order valence-electron chi connectivity index (χ4n) is 2.69. The standard InChI is InChI=1S/C18H21BrN4O/c1-13-11-14(3-4-16(13)19)21-15-5-6-20-17(12-15)18(24)23-9-7-22(2)8-10-23/h3-6,11-12H,7-10H2,1-2H3,(H,20,21). The second-order valence-corrected chi connectivity index (χ2v) is 6.97. The molecule has 0 spiro atoms. The first-order chi connectivity index (χ1) is 11.5. The fourth-order valence-corrected chi connectivity index (χ4v) is 2.93. The van der Waals surface area contributed by atoms with E-state index in [2.05, 4.69) is 44.2 Å². The number of anilines is 2. The lowest BCUT2D eigenvalue weighted by Gasteiger charge is -2.32. The van der Waals surface area contributed by atoms with Crippen LogP contribution in [-0.2, 0) is 0 Å². The first kappa shape index (κ1) is 16.9. The molecule has 2 aromatic rings. The Morgan fingerprint density at radius 2 is 1.83 bits per heavy atom. The third kappa shape index (κ3) is 3.94. The zero-order chi connectivity index (χ0) is 17.1. The van der Waals surface area contributed by atoms with Gasteiger partial charge in [-0.2, -0.15) is 0 Å². The summed E-state index contributed by atoms with van der Waals surface area (Å²) in [6, 6.07) is 9.76. The molecule has 24 heavy (non-hydrogen) atoms. The third-order valence-corrected chi connectivity index (χ3v) is 5.11. The van der Waals surface area contributed by atoms with Crippen molar-refractivity contribution in [1.29, 1.82) is 0 Å². The van der Waals surface area contributed by atoms with Crippen LogP contribution in [0, 0.1) is 6.92 Å². The molecule has 1 aromatic carbocycles. The lowest BCUT2D eigenvalue weighted by Crippen LogP contribution is -2.47. The lowest BCUT2D eigenvalue weighted by atomic mass is 10.2. The Hall–Kier alpha value is -1.92. The van der Waals surface area contributed by atoms with Crippen molar-refractivity contribution in [2.24, 2.45) is 0 Å². The Kier molecular flexibility index (Phi) is 5.16. The highest BCUT2D eigenvalue weighted by Crippen LogP contribution is 2.23. The van der Waals surface area contributed by atoms with Gasteiger partial charge < -0.3 is 15.1 Å². The van der Waals surface area contributed by atoms with Gasteiger partial charge in [-0.1, -0.05) is 15.9 Å². The Bertz CT molecular complexity index is 742. The van der Waals surface area contributed by atoms with E-state index in [0.717, 1.165) is 47.6 Å². The van der Waals surface area contributed by atoms with Crippen molar-refractivity contribution < 1.29 is 4.79 Å². The number of aryl methyl sites for hydroxylation is 1. The molecule has 1 N–H and O–H groups in total. The number of carbonyl (C=O) groups excluding carboxylic acids is 1. The molecule has 0 saturated carbocycles. The van der Waals surface area contributed by atoms with E-state index in [1.54, 1.807) is 6.20 Å². The van der Waals surface area contributed by atoms with E-state index >= 15 is 0 Å². The highest BCUT2D eigenvalue weighted by molar-refractivity contribution is 9.10. The zero-order valence-electron chi connectivity index (χ0n) is 13.9. The lowest BCUT2D eigenvalue weighted by molar-refractivity contribution is 0.0658. The second kappa shape index (κ2) is 7.32. The summed E-state index contributed by atoms with van der Waals surface area (Å²) in [4.78, 5) is 21.0. The van der Waals surface area contributed by atoms with Gasteiger partial charge in [0.05, 0.1) is 0 Å². The van der Waals surface area contributed by atoms with Gasteiger partial charge in [-0.25, -0.2) is 0 Å². The Morgan fingerprint density at radius 1 is 1.12 bits per heavy atom. The molecule has 0 unspecified atom stereocenters. The highest BCUT2D eigenvalue weighted by atomic mass is 79.9. The van der Waals surface area contributed by atoms with E-state index in [1.165, 1.54) is 0 Å². The molecule has 0 bridgehead atoms. The van der Waals surface area contributed by atoms with E-state index in [9.17, 15) is 4.79 Å². The van der Waals surface area contributed by atoms with Crippen LogP contribution in [0.4, 0.5) is 11.4 Å². The molecule has 1 aliphatic rings. The highest BCUT2D eigenvalue weighted by Gasteiger charge is 2.21. The molecule has 0 atom stereocenters. The molecule has 1 aliphatic heterocycles. The van der Waals surface area contributed by atoms with Gasteiger partial charge in [0, 0.05) is 48.2 Å². The Morgan fingerprint density at radius 3 is 2.54 bits per heavy atom. The van der Waals surface area contributed by atoms with Gasteiger partial charge in [0.1, 0.15) is 5.69 Å². The zero-order valence-corrected chi connectivity index (χ0v) is 15.5. The van der Waals surface area contributed by atoms with E-state index in [1.807, 2.05) is 36.1 Å². The van der Waals surface area contributed by atoms with Crippen LogP contribution in [0.2, 0.25) is 0 Å². The van der Waals surface area contributed by atoms with Crippen molar-refractivity contribution >= 4 is 33.2 Å². The number of rotatable bonds is 3. The maximum Gasteiger partial charge on any atom is 0.272 e. The Labute approximate surface area is 150 Å². The first-order valence-electron chi connectivity index (χ1n) is 8.00. The molecule has 0 radical (unpaired) electrons. The van der Waals surface area contributed by atoms with Gasteiger partial charge in [0.15, 0.2) is 0 Å². The largest absolute Gasteiger partial charge is 0.355 e. The van der Waals surface area contributed by atoms with Crippen LogP contribution < -0.4 is 5.32 Å². The summed E-state index contributed by atoms with van der Waals surface area (Å²) in [5.41, 5.74) is 3.49. The molecule has 2 heterocycles. The van der Waals surface area contributed by atoms with Crippen LogP contribution in [0.5, 0.6) is 0 Å². The quantitative estimate of drug-likeness (QED) is 0.876. The molecule has 1 fully saturated rings. The summed E-state index contributed by atoms with van der Waals surface area (Å²) >= 11 is 3.50. The maximum atomic E-state index is 12.6. The van der Waals surface area contributed by atoms with Crippen LogP contribution in [0.1, 0.15) is 16.1 Å².